The highest BCUT2D eigenvalue weighted by Gasteiger charge is 2.20. The molecule has 0 bridgehead atoms. The average molecular weight is 177 g/mol. The lowest BCUT2D eigenvalue weighted by atomic mass is 10.3. The molecule has 1 heterocycles. The Balaban J connectivity index is 1.92. The maximum absolute atomic E-state index is 5.80. The minimum absolute atomic E-state index is 0.382. The highest BCUT2D eigenvalue weighted by molar-refractivity contribution is 5.21. The largest absolute Gasteiger partial charge is 0.489 e. The van der Waals surface area contributed by atoms with Crippen molar-refractivity contribution in [2.75, 3.05) is 20.1 Å². The summed E-state index contributed by atoms with van der Waals surface area (Å²) >= 11 is 0. The molecular formula is C11H15NO. The zero-order chi connectivity index (χ0) is 9.10. The lowest BCUT2D eigenvalue weighted by Crippen LogP contribution is -2.21. The molecule has 0 radical (unpaired) electrons. The van der Waals surface area contributed by atoms with Crippen molar-refractivity contribution in [2.45, 2.75) is 12.5 Å². The van der Waals surface area contributed by atoms with E-state index < -0.39 is 0 Å². The van der Waals surface area contributed by atoms with Crippen molar-refractivity contribution in [1.29, 1.82) is 0 Å². The molecular weight excluding hydrogens is 162 g/mol. The molecule has 1 aliphatic heterocycles. The molecule has 2 heteroatoms. The summed E-state index contributed by atoms with van der Waals surface area (Å²) < 4.78 is 5.80. The Kier molecular flexibility index (Phi) is 2.50. The van der Waals surface area contributed by atoms with Crippen LogP contribution in [0.3, 0.4) is 0 Å². The Labute approximate surface area is 79.1 Å². The number of benzene rings is 1. The molecule has 0 N–H and O–H groups in total. The van der Waals surface area contributed by atoms with E-state index in [4.69, 9.17) is 4.74 Å². The number of ether oxygens (including phenoxy) is 1. The second kappa shape index (κ2) is 3.79. The van der Waals surface area contributed by atoms with Gasteiger partial charge in [-0.25, -0.2) is 0 Å². The maximum atomic E-state index is 5.80. The van der Waals surface area contributed by atoms with Gasteiger partial charge in [-0.3, -0.25) is 0 Å². The maximum Gasteiger partial charge on any atom is 0.119 e. The fourth-order valence-electron chi connectivity index (χ4n) is 1.68. The van der Waals surface area contributed by atoms with Crippen LogP contribution < -0.4 is 4.74 Å². The molecule has 13 heavy (non-hydrogen) atoms. The normalized spacial score (nSPS) is 23.3. The molecule has 0 saturated carbocycles. The van der Waals surface area contributed by atoms with Crippen LogP contribution in [0, 0.1) is 0 Å². The first-order chi connectivity index (χ1) is 6.34. The van der Waals surface area contributed by atoms with Crippen molar-refractivity contribution >= 4 is 0 Å². The van der Waals surface area contributed by atoms with E-state index in [1.165, 1.54) is 0 Å². The van der Waals surface area contributed by atoms with Crippen molar-refractivity contribution in [3.63, 3.8) is 0 Å². The van der Waals surface area contributed by atoms with E-state index in [1.807, 2.05) is 30.3 Å². The summed E-state index contributed by atoms with van der Waals surface area (Å²) in [7, 11) is 2.13. The quantitative estimate of drug-likeness (QED) is 0.682. The van der Waals surface area contributed by atoms with Gasteiger partial charge in [-0.1, -0.05) is 18.2 Å². The fraction of sp³-hybridized carbons (Fsp3) is 0.455. The van der Waals surface area contributed by atoms with Crippen LogP contribution >= 0.6 is 0 Å². The van der Waals surface area contributed by atoms with Crippen molar-refractivity contribution in [2.24, 2.45) is 0 Å². The van der Waals surface area contributed by atoms with Gasteiger partial charge >= 0.3 is 0 Å². The number of nitrogens with zero attached hydrogens (tertiary/aromatic N) is 1. The molecule has 1 atom stereocenters. The standard InChI is InChI=1S/C11H15NO/c1-12-8-7-11(9-12)13-10-5-3-2-4-6-10/h2-6,11H,7-9H2,1H3. The van der Waals surface area contributed by atoms with Crippen LogP contribution in [0.15, 0.2) is 30.3 Å². The first-order valence-corrected chi connectivity index (χ1v) is 4.75. The van der Waals surface area contributed by atoms with Gasteiger partial charge in [-0.2, -0.15) is 0 Å². The van der Waals surface area contributed by atoms with E-state index in [-0.39, 0.29) is 0 Å². The smallest absolute Gasteiger partial charge is 0.119 e. The summed E-state index contributed by atoms with van der Waals surface area (Å²) in [5, 5.41) is 0. The zero-order valence-electron chi connectivity index (χ0n) is 7.94. The Morgan fingerprint density at radius 2 is 2.08 bits per heavy atom. The van der Waals surface area contributed by atoms with E-state index >= 15 is 0 Å². The molecule has 70 valence electrons. The van der Waals surface area contributed by atoms with Crippen LogP contribution in [0.4, 0.5) is 0 Å². The molecule has 1 saturated heterocycles. The van der Waals surface area contributed by atoms with Crippen LogP contribution in [0.5, 0.6) is 5.75 Å². The topological polar surface area (TPSA) is 12.5 Å². The number of hydrogen-bond donors (Lipinski definition) is 0. The monoisotopic (exact) mass is 177 g/mol. The van der Waals surface area contributed by atoms with Crippen LogP contribution in [0.25, 0.3) is 0 Å². The van der Waals surface area contributed by atoms with E-state index in [0.29, 0.717) is 6.10 Å². The minimum Gasteiger partial charge on any atom is -0.489 e. The predicted octanol–water partition coefficient (Wildman–Crippen LogP) is 1.77. The van der Waals surface area contributed by atoms with Crippen LogP contribution in [-0.4, -0.2) is 31.1 Å². The number of hydrogen-bond acceptors (Lipinski definition) is 2. The van der Waals surface area contributed by atoms with Crippen molar-refractivity contribution < 1.29 is 4.74 Å². The second-order valence-corrected chi connectivity index (χ2v) is 3.60. The van der Waals surface area contributed by atoms with Gasteiger partial charge in [0.25, 0.3) is 0 Å². The zero-order valence-corrected chi connectivity index (χ0v) is 7.94. The van der Waals surface area contributed by atoms with Gasteiger partial charge in [-0.15, -0.1) is 0 Å². The third-order valence-corrected chi connectivity index (χ3v) is 2.39. The van der Waals surface area contributed by atoms with Gasteiger partial charge in [0.2, 0.25) is 0 Å². The summed E-state index contributed by atoms with van der Waals surface area (Å²) in [6, 6.07) is 10.0. The van der Waals surface area contributed by atoms with Crippen molar-refractivity contribution in [3.05, 3.63) is 30.3 Å². The minimum atomic E-state index is 0.382. The van der Waals surface area contributed by atoms with Gasteiger partial charge in [0.15, 0.2) is 0 Å². The third-order valence-electron chi connectivity index (χ3n) is 2.39. The van der Waals surface area contributed by atoms with Gasteiger partial charge < -0.3 is 9.64 Å². The number of rotatable bonds is 2. The van der Waals surface area contributed by atoms with Gasteiger partial charge in [0, 0.05) is 13.1 Å². The average Bonchev–Trinajstić information content (AvgIpc) is 2.53. The Morgan fingerprint density at radius 3 is 2.69 bits per heavy atom. The Hall–Kier alpha value is -1.02. The number of para-hydroxylation sites is 1. The van der Waals surface area contributed by atoms with Gasteiger partial charge in [0.05, 0.1) is 0 Å². The molecule has 0 aliphatic carbocycles. The molecule has 1 fully saturated rings. The highest BCUT2D eigenvalue weighted by Crippen LogP contribution is 2.16. The van der Waals surface area contributed by atoms with Gasteiger partial charge in [0.1, 0.15) is 11.9 Å². The summed E-state index contributed by atoms with van der Waals surface area (Å²) in [6.45, 7) is 2.20. The van der Waals surface area contributed by atoms with E-state index in [2.05, 4.69) is 11.9 Å². The molecule has 2 rings (SSSR count). The molecule has 0 spiro atoms. The lowest BCUT2D eigenvalue weighted by molar-refractivity contribution is 0.208. The molecule has 2 nitrogen and oxygen atoms in total. The lowest BCUT2D eigenvalue weighted by Gasteiger charge is -2.13. The summed E-state index contributed by atoms with van der Waals surface area (Å²) in [6.07, 6.45) is 1.53. The van der Waals surface area contributed by atoms with E-state index in [1.54, 1.807) is 0 Å². The van der Waals surface area contributed by atoms with Crippen LogP contribution in [-0.2, 0) is 0 Å². The van der Waals surface area contributed by atoms with E-state index in [9.17, 15) is 0 Å². The van der Waals surface area contributed by atoms with Crippen molar-refractivity contribution in [1.82, 2.24) is 4.90 Å². The number of likely N-dealkylation sites (N-methyl/N-ethyl adjacent to an activating group) is 1. The molecule has 1 aromatic carbocycles. The number of likely N-dealkylation sites (tertiary alicyclic amines) is 1. The fourth-order valence-corrected chi connectivity index (χ4v) is 1.68. The molecule has 0 aromatic heterocycles. The predicted molar refractivity (Wildman–Crippen MR) is 53.0 cm³/mol. The highest BCUT2D eigenvalue weighted by atomic mass is 16.5. The summed E-state index contributed by atoms with van der Waals surface area (Å²) in [5.74, 6) is 0.989. The summed E-state index contributed by atoms with van der Waals surface area (Å²) in [5.41, 5.74) is 0. The van der Waals surface area contributed by atoms with Gasteiger partial charge in [-0.05, 0) is 25.6 Å². The SMILES string of the molecule is CN1CCC(Oc2ccccc2)C1. The third kappa shape index (κ3) is 2.22. The molecule has 1 aromatic rings. The van der Waals surface area contributed by atoms with Crippen LogP contribution in [0.1, 0.15) is 6.42 Å². The Morgan fingerprint density at radius 1 is 1.31 bits per heavy atom. The molecule has 1 unspecified atom stereocenters. The molecule has 1 aliphatic rings. The van der Waals surface area contributed by atoms with E-state index in [0.717, 1.165) is 25.3 Å². The van der Waals surface area contributed by atoms with Crippen molar-refractivity contribution in [3.8, 4) is 5.75 Å². The summed E-state index contributed by atoms with van der Waals surface area (Å²) in [4.78, 5) is 2.30. The first kappa shape index (κ1) is 8.57. The van der Waals surface area contributed by atoms with Crippen LogP contribution in [0.2, 0.25) is 0 Å². The Bertz CT molecular complexity index is 260. The first-order valence-electron chi connectivity index (χ1n) is 4.75. The molecule has 0 amide bonds. The second-order valence-electron chi connectivity index (χ2n) is 3.60.